The Bertz CT molecular complexity index is 1240. The Morgan fingerprint density at radius 2 is 2.00 bits per heavy atom. The van der Waals surface area contributed by atoms with Crippen molar-refractivity contribution >= 4 is 39.6 Å². The summed E-state index contributed by atoms with van der Waals surface area (Å²) in [7, 11) is 1.06. The van der Waals surface area contributed by atoms with Gasteiger partial charge < -0.3 is 10.2 Å². The minimum atomic E-state index is -4.03. The van der Waals surface area contributed by atoms with Crippen LogP contribution in [0.1, 0.15) is 5.56 Å². The summed E-state index contributed by atoms with van der Waals surface area (Å²) in [5.74, 6) is -0.317. The molecule has 2 aromatic carbocycles. The van der Waals surface area contributed by atoms with E-state index in [9.17, 15) is 13.2 Å². The van der Waals surface area contributed by atoms with Crippen LogP contribution in [-0.4, -0.2) is 49.4 Å². The molecule has 0 saturated heterocycles. The van der Waals surface area contributed by atoms with Gasteiger partial charge >= 0.3 is 0 Å². The maximum atomic E-state index is 12.9. The first kappa shape index (κ1) is 22.5. The van der Waals surface area contributed by atoms with Crippen molar-refractivity contribution < 1.29 is 13.2 Å². The van der Waals surface area contributed by atoms with E-state index in [1.807, 2.05) is 0 Å². The van der Waals surface area contributed by atoms with Gasteiger partial charge in [0, 0.05) is 49.2 Å². The number of hydrogen-bond donors (Lipinski definition) is 1. The van der Waals surface area contributed by atoms with E-state index >= 15 is 0 Å². The largest absolute Gasteiger partial charge is 0.368 e. The Morgan fingerprint density at radius 1 is 1.26 bits per heavy atom. The van der Waals surface area contributed by atoms with Gasteiger partial charge in [0.1, 0.15) is 6.34 Å². The SMILES string of the molecule is CN(C)/C=N/S(=O)(=O)c1cc(NC(=O)Cc2ccccc2Cl)ccc1-c1cnn(C)c1. The number of amides is 1. The second-order valence-corrected chi connectivity index (χ2v) is 9.10. The van der Waals surface area contributed by atoms with Crippen LogP contribution in [0.2, 0.25) is 5.02 Å². The van der Waals surface area contributed by atoms with Crippen LogP contribution in [0.15, 0.2) is 64.2 Å². The summed E-state index contributed by atoms with van der Waals surface area (Å²) >= 11 is 6.12. The Hall–Kier alpha value is -3.17. The molecule has 8 nitrogen and oxygen atoms in total. The third kappa shape index (κ3) is 5.71. The van der Waals surface area contributed by atoms with Gasteiger partial charge in [-0.1, -0.05) is 35.9 Å². The van der Waals surface area contributed by atoms with Crippen molar-refractivity contribution in [3.63, 3.8) is 0 Å². The predicted molar refractivity (Wildman–Crippen MR) is 122 cm³/mol. The lowest BCUT2D eigenvalue weighted by Crippen LogP contribution is -2.15. The number of carbonyl (C=O) groups excluding carboxylic acids is 1. The molecule has 3 rings (SSSR count). The molecular formula is C21H22ClN5O3S. The fourth-order valence-corrected chi connectivity index (χ4v) is 4.21. The molecule has 10 heteroatoms. The third-order valence-corrected chi connectivity index (χ3v) is 5.92. The quantitative estimate of drug-likeness (QED) is 0.432. The average molecular weight is 460 g/mol. The zero-order valence-corrected chi connectivity index (χ0v) is 18.9. The number of hydrogen-bond acceptors (Lipinski definition) is 4. The fourth-order valence-electron chi connectivity index (χ4n) is 2.85. The average Bonchev–Trinajstić information content (AvgIpc) is 3.14. The minimum Gasteiger partial charge on any atom is -0.368 e. The molecule has 3 aromatic rings. The fraction of sp³-hybridized carbons (Fsp3) is 0.190. The molecule has 1 aromatic heterocycles. The van der Waals surface area contributed by atoms with E-state index in [1.54, 1.807) is 74.6 Å². The van der Waals surface area contributed by atoms with Crippen LogP contribution in [0, 0.1) is 0 Å². The second-order valence-electron chi connectivity index (χ2n) is 7.09. The van der Waals surface area contributed by atoms with Crippen LogP contribution < -0.4 is 5.32 Å². The van der Waals surface area contributed by atoms with E-state index < -0.39 is 10.0 Å². The van der Waals surface area contributed by atoms with Gasteiger partial charge in [0.25, 0.3) is 10.0 Å². The number of sulfonamides is 1. The molecule has 0 bridgehead atoms. The maximum absolute atomic E-state index is 12.9. The first-order valence-electron chi connectivity index (χ1n) is 9.29. The summed E-state index contributed by atoms with van der Waals surface area (Å²) < 4.78 is 31.2. The number of carbonyl (C=O) groups is 1. The van der Waals surface area contributed by atoms with Gasteiger partial charge in [-0.25, -0.2) is 0 Å². The van der Waals surface area contributed by atoms with E-state index in [4.69, 9.17) is 11.6 Å². The van der Waals surface area contributed by atoms with Gasteiger partial charge in [0.15, 0.2) is 0 Å². The molecule has 0 radical (unpaired) electrons. The highest BCUT2D eigenvalue weighted by atomic mass is 35.5. The third-order valence-electron chi connectivity index (χ3n) is 4.28. The molecule has 0 atom stereocenters. The van der Waals surface area contributed by atoms with Crippen LogP contribution in [0.3, 0.4) is 0 Å². The maximum Gasteiger partial charge on any atom is 0.284 e. The van der Waals surface area contributed by atoms with Crippen LogP contribution in [0.4, 0.5) is 5.69 Å². The second kappa shape index (κ2) is 9.32. The molecular weight excluding hydrogens is 438 g/mol. The summed E-state index contributed by atoms with van der Waals surface area (Å²) in [5, 5.41) is 7.33. The van der Waals surface area contributed by atoms with Crippen molar-refractivity contribution in [1.29, 1.82) is 0 Å². The molecule has 0 spiro atoms. The van der Waals surface area contributed by atoms with Crippen molar-refractivity contribution in [3.8, 4) is 11.1 Å². The summed E-state index contributed by atoms with van der Waals surface area (Å²) in [4.78, 5) is 14.0. The highest BCUT2D eigenvalue weighted by molar-refractivity contribution is 7.90. The normalized spacial score (nSPS) is 11.6. The monoisotopic (exact) mass is 459 g/mol. The van der Waals surface area contributed by atoms with Gasteiger partial charge in [-0.3, -0.25) is 9.48 Å². The Morgan fingerprint density at radius 3 is 2.65 bits per heavy atom. The van der Waals surface area contributed by atoms with Crippen molar-refractivity contribution in [2.75, 3.05) is 19.4 Å². The highest BCUT2D eigenvalue weighted by Gasteiger charge is 2.21. The number of aryl methyl sites for hydroxylation is 1. The van der Waals surface area contributed by atoms with Crippen molar-refractivity contribution in [2.24, 2.45) is 11.4 Å². The van der Waals surface area contributed by atoms with Crippen LogP contribution in [0.5, 0.6) is 0 Å². The van der Waals surface area contributed by atoms with E-state index in [0.717, 1.165) is 0 Å². The summed E-state index contributed by atoms with van der Waals surface area (Å²) in [6, 6.07) is 11.7. The zero-order valence-electron chi connectivity index (χ0n) is 17.3. The number of rotatable bonds is 7. The standard InChI is InChI=1S/C21H22ClN5O3S/c1-26(2)14-24-31(29,30)20-11-17(8-9-18(20)16-12-23-27(3)13-16)25-21(28)10-15-6-4-5-7-19(15)22/h4-9,11-14H,10H2,1-3H3,(H,25,28)/b24-14+. The predicted octanol–water partition coefficient (Wildman–Crippen LogP) is 3.20. The molecule has 0 aliphatic rings. The number of nitrogens with zero attached hydrogens (tertiary/aromatic N) is 4. The molecule has 1 heterocycles. The Kier molecular flexibility index (Phi) is 6.77. The topological polar surface area (TPSA) is 96.7 Å². The molecule has 0 saturated carbocycles. The lowest BCUT2D eigenvalue weighted by molar-refractivity contribution is -0.115. The Labute approximate surface area is 186 Å². The first-order chi connectivity index (χ1) is 14.7. The van der Waals surface area contributed by atoms with E-state index in [1.165, 1.54) is 17.3 Å². The van der Waals surface area contributed by atoms with Crippen LogP contribution in [0.25, 0.3) is 11.1 Å². The molecule has 0 unspecified atom stereocenters. The Balaban J connectivity index is 1.96. The van der Waals surface area contributed by atoms with Crippen molar-refractivity contribution in [1.82, 2.24) is 14.7 Å². The summed E-state index contributed by atoms with van der Waals surface area (Å²) in [6.45, 7) is 0. The van der Waals surface area contributed by atoms with Gasteiger partial charge in [-0.2, -0.15) is 13.5 Å². The number of anilines is 1. The minimum absolute atomic E-state index is 0.0332. The van der Waals surface area contributed by atoms with Crippen LogP contribution >= 0.6 is 11.6 Å². The number of nitrogens with one attached hydrogen (secondary N) is 1. The number of halogens is 1. The van der Waals surface area contributed by atoms with Gasteiger partial charge in [0.2, 0.25) is 5.91 Å². The zero-order chi connectivity index (χ0) is 22.6. The highest BCUT2D eigenvalue weighted by Crippen LogP contribution is 2.31. The molecule has 1 amide bonds. The molecule has 0 aliphatic carbocycles. The molecule has 162 valence electrons. The summed E-state index contributed by atoms with van der Waals surface area (Å²) in [5.41, 5.74) is 2.07. The molecule has 31 heavy (non-hydrogen) atoms. The number of aromatic nitrogens is 2. The van der Waals surface area contributed by atoms with Crippen molar-refractivity contribution in [2.45, 2.75) is 11.3 Å². The molecule has 0 fully saturated rings. The smallest absolute Gasteiger partial charge is 0.284 e. The van der Waals surface area contributed by atoms with Crippen LogP contribution in [-0.2, 0) is 28.3 Å². The van der Waals surface area contributed by atoms with E-state index in [-0.39, 0.29) is 17.2 Å². The summed E-state index contributed by atoms with van der Waals surface area (Å²) in [6.07, 6.45) is 4.55. The lowest BCUT2D eigenvalue weighted by Gasteiger charge is -2.11. The lowest BCUT2D eigenvalue weighted by atomic mass is 10.1. The van der Waals surface area contributed by atoms with Gasteiger partial charge in [-0.15, -0.1) is 4.40 Å². The van der Waals surface area contributed by atoms with Crippen molar-refractivity contribution in [3.05, 3.63) is 65.4 Å². The van der Waals surface area contributed by atoms with Gasteiger partial charge in [0.05, 0.1) is 17.5 Å². The first-order valence-corrected chi connectivity index (χ1v) is 11.1. The van der Waals surface area contributed by atoms with E-state index in [0.29, 0.717) is 27.4 Å². The molecule has 0 aliphatic heterocycles. The van der Waals surface area contributed by atoms with E-state index in [2.05, 4.69) is 14.8 Å². The van der Waals surface area contributed by atoms with Gasteiger partial charge in [-0.05, 0) is 23.8 Å². The number of benzene rings is 2. The molecule has 1 N–H and O–H groups in total.